The lowest BCUT2D eigenvalue weighted by Crippen LogP contribution is -2.17. The summed E-state index contributed by atoms with van der Waals surface area (Å²) in [6.07, 6.45) is 0. The highest BCUT2D eigenvalue weighted by Crippen LogP contribution is 2.53. The molecule has 2 aromatic heterocycles. The minimum Gasteiger partial charge on any atom is -0.456 e. The molecular weight excluding hydrogens is 701 g/mol. The van der Waals surface area contributed by atoms with Crippen molar-refractivity contribution >= 4 is 98.3 Å². The summed E-state index contributed by atoms with van der Waals surface area (Å²) >= 11 is 1.87. The molecule has 0 aliphatic carbocycles. The summed E-state index contributed by atoms with van der Waals surface area (Å²) in [5, 5.41) is 7.18. The summed E-state index contributed by atoms with van der Waals surface area (Å²) < 4.78 is 9.05. The van der Waals surface area contributed by atoms with Gasteiger partial charge in [-0.1, -0.05) is 133 Å². The molecular formula is C52H34N2OS. The van der Waals surface area contributed by atoms with E-state index in [1.807, 2.05) is 23.5 Å². The molecule has 2 heterocycles. The molecule has 0 aliphatic heterocycles. The van der Waals surface area contributed by atoms with Crippen LogP contribution in [0.15, 0.2) is 211 Å². The molecule has 0 bridgehead atoms. The van der Waals surface area contributed by atoms with Gasteiger partial charge in [0.15, 0.2) is 0 Å². The first-order valence-electron chi connectivity index (χ1n) is 18.9. The van der Waals surface area contributed by atoms with Gasteiger partial charge < -0.3 is 14.2 Å². The first-order valence-corrected chi connectivity index (χ1v) is 19.7. The Hall–Kier alpha value is -7.14. The molecule has 264 valence electrons. The molecule has 11 aromatic rings. The molecule has 56 heavy (non-hydrogen) atoms. The average Bonchev–Trinajstić information content (AvgIpc) is 3.84. The first-order chi connectivity index (χ1) is 27.8. The maximum absolute atomic E-state index is 6.53. The molecule has 4 heteroatoms. The second-order valence-electron chi connectivity index (χ2n) is 14.1. The highest BCUT2D eigenvalue weighted by molar-refractivity contribution is 7.26. The third kappa shape index (κ3) is 5.34. The summed E-state index contributed by atoms with van der Waals surface area (Å²) in [6, 6.07) is 73.9. The molecule has 3 nitrogen and oxygen atoms in total. The number of hydrogen-bond acceptors (Lipinski definition) is 4. The van der Waals surface area contributed by atoms with E-state index >= 15 is 0 Å². The lowest BCUT2D eigenvalue weighted by atomic mass is 10.0. The number of anilines is 6. The summed E-state index contributed by atoms with van der Waals surface area (Å²) in [4.78, 5) is 4.84. The molecule has 0 unspecified atom stereocenters. The van der Waals surface area contributed by atoms with Gasteiger partial charge in [0.2, 0.25) is 0 Å². The van der Waals surface area contributed by atoms with Crippen molar-refractivity contribution in [3.63, 3.8) is 0 Å². The number of fused-ring (bicyclic) bond motifs is 8. The van der Waals surface area contributed by atoms with Crippen molar-refractivity contribution in [3.8, 4) is 11.1 Å². The van der Waals surface area contributed by atoms with Crippen LogP contribution in [0.2, 0.25) is 0 Å². The van der Waals surface area contributed by atoms with Gasteiger partial charge in [-0.15, -0.1) is 11.3 Å². The number of thiophene rings is 1. The topological polar surface area (TPSA) is 19.6 Å². The van der Waals surface area contributed by atoms with Crippen LogP contribution >= 0.6 is 11.3 Å². The van der Waals surface area contributed by atoms with Crippen molar-refractivity contribution < 1.29 is 4.42 Å². The van der Waals surface area contributed by atoms with Crippen LogP contribution in [0.25, 0.3) is 64.0 Å². The lowest BCUT2D eigenvalue weighted by molar-refractivity contribution is 0.669. The standard InChI is InChI=1S/C52H34N2OS/c1-4-14-35(15-5-1)36-24-27-40(28-25-36)53(38-17-6-2-7-18-38)46-32-33-49-50(45-30-26-37-16-10-11-21-42(37)52(45)56-49)51(46)54(39-19-8-3-9-20-39)41-29-31-44-43-22-12-13-23-47(43)55-48(44)34-41/h1-34H. The Kier molecular flexibility index (Phi) is 7.68. The van der Waals surface area contributed by atoms with Crippen LogP contribution in [0.1, 0.15) is 0 Å². The third-order valence-electron chi connectivity index (χ3n) is 10.8. The van der Waals surface area contributed by atoms with Gasteiger partial charge in [0, 0.05) is 59.8 Å². The van der Waals surface area contributed by atoms with Gasteiger partial charge in [0.05, 0.1) is 11.4 Å². The van der Waals surface area contributed by atoms with Crippen LogP contribution < -0.4 is 9.80 Å². The largest absolute Gasteiger partial charge is 0.456 e. The van der Waals surface area contributed by atoms with Gasteiger partial charge in [0.1, 0.15) is 11.2 Å². The lowest BCUT2D eigenvalue weighted by Gasteiger charge is -2.34. The van der Waals surface area contributed by atoms with Crippen molar-refractivity contribution in [2.24, 2.45) is 0 Å². The summed E-state index contributed by atoms with van der Waals surface area (Å²) in [5.74, 6) is 0. The SMILES string of the molecule is c1ccc(-c2ccc(N(c3ccccc3)c3ccc4sc5c6ccccc6ccc5c4c3N(c3ccccc3)c3ccc4c(c3)oc3ccccc34)cc2)cc1. The molecule has 0 fully saturated rings. The van der Waals surface area contributed by atoms with Gasteiger partial charge in [-0.3, -0.25) is 0 Å². The zero-order valence-electron chi connectivity index (χ0n) is 30.3. The number of furan rings is 1. The van der Waals surface area contributed by atoms with Crippen LogP contribution in [0.3, 0.4) is 0 Å². The number of benzene rings is 9. The Morgan fingerprint density at radius 3 is 1.71 bits per heavy atom. The molecule has 0 saturated heterocycles. The molecule has 0 atom stereocenters. The van der Waals surface area contributed by atoms with E-state index in [4.69, 9.17) is 4.42 Å². The normalized spacial score (nSPS) is 11.6. The summed E-state index contributed by atoms with van der Waals surface area (Å²) in [6.45, 7) is 0. The zero-order valence-corrected chi connectivity index (χ0v) is 31.2. The molecule has 0 saturated carbocycles. The van der Waals surface area contributed by atoms with E-state index in [1.165, 1.54) is 42.1 Å². The average molecular weight is 735 g/mol. The second kappa shape index (κ2) is 13.3. The fraction of sp³-hybridized carbons (Fsp3) is 0. The van der Waals surface area contributed by atoms with E-state index in [-0.39, 0.29) is 0 Å². The predicted molar refractivity (Wildman–Crippen MR) is 239 cm³/mol. The maximum Gasteiger partial charge on any atom is 0.137 e. The smallest absolute Gasteiger partial charge is 0.137 e. The van der Waals surface area contributed by atoms with Crippen LogP contribution in [-0.4, -0.2) is 0 Å². The number of hydrogen-bond donors (Lipinski definition) is 0. The minimum atomic E-state index is 0.857. The zero-order chi connectivity index (χ0) is 37.0. The van der Waals surface area contributed by atoms with Crippen molar-refractivity contribution in [1.82, 2.24) is 0 Å². The van der Waals surface area contributed by atoms with Gasteiger partial charge in [-0.2, -0.15) is 0 Å². The van der Waals surface area contributed by atoms with Crippen LogP contribution in [0, 0.1) is 0 Å². The van der Waals surface area contributed by atoms with Gasteiger partial charge in [-0.05, 0) is 88.6 Å². The molecule has 0 N–H and O–H groups in total. The molecule has 0 spiro atoms. The van der Waals surface area contributed by atoms with Crippen LogP contribution in [0.5, 0.6) is 0 Å². The monoisotopic (exact) mass is 734 g/mol. The van der Waals surface area contributed by atoms with E-state index in [9.17, 15) is 0 Å². The summed E-state index contributed by atoms with van der Waals surface area (Å²) in [5.41, 5.74) is 10.5. The van der Waals surface area contributed by atoms with Gasteiger partial charge >= 0.3 is 0 Å². The highest BCUT2D eigenvalue weighted by atomic mass is 32.1. The number of rotatable bonds is 7. The van der Waals surface area contributed by atoms with Gasteiger partial charge in [0.25, 0.3) is 0 Å². The van der Waals surface area contributed by atoms with E-state index in [0.29, 0.717) is 0 Å². The van der Waals surface area contributed by atoms with E-state index in [1.54, 1.807) is 0 Å². The van der Waals surface area contributed by atoms with E-state index in [0.717, 1.165) is 56.1 Å². The van der Waals surface area contributed by atoms with Crippen molar-refractivity contribution in [2.75, 3.05) is 9.80 Å². The quantitative estimate of drug-likeness (QED) is 0.163. The van der Waals surface area contributed by atoms with E-state index < -0.39 is 0 Å². The van der Waals surface area contributed by atoms with Crippen LogP contribution in [-0.2, 0) is 0 Å². The van der Waals surface area contributed by atoms with Crippen molar-refractivity contribution in [3.05, 3.63) is 206 Å². The van der Waals surface area contributed by atoms with E-state index in [2.05, 4.69) is 204 Å². The minimum absolute atomic E-state index is 0.857. The predicted octanol–water partition coefficient (Wildman–Crippen LogP) is 15.7. The Labute approximate surface area is 328 Å². The molecule has 0 radical (unpaired) electrons. The third-order valence-corrected chi connectivity index (χ3v) is 12.0. The molecule has 0 amide bonds. The second-order valence-corrected chi connectivity index (χ2v) is 15.2. The van der Waals surface area contributed by atoms with Crippen LogP contribution in [0.4, 0.5) is 34.1 Å². The number of nitrogens with zero attached hydrogens (tertiary/aromatic N) is 2. The Morgan fingerprint density at radius 2 is 0.946 bits per heavy atom. The highest BCUT2D eigenvalue weighted by Gasteiger charge is 2.27. The Balaban J connectivity index is 1.24. The van der Waals surface area contributed by atoms with Crippen molar-refractivity contribution in [2.45, 2.75) is 0 Å². The first kappa shape index (κ1) is 32.3. The molecule has 9 aromatic carbocycles. The Morgan fingerprint density at radius 1 is 0.375 bits per heavy atom. The molecule has 0 aliphatic rings. The summed E-state index contributed by atoms with van der Waals surface area (Å²) in [7, 11) is 0. The van der Waals surface area contributed by atoms with Gasteiger partial charge in [-0.25, -0.2) is 0 Å². The molecule has 11 rings (SSSR count). The fourth-order valence-corrected chi connectivity index (χ4v) is 9.49. The Bertz CT molecular complexity index is 3190. The fourth-order valence-electron chi connectivity index (χ4n) is 8.25. The van der Waals surface area contributed by atoms with Crippen molar-refractivity contribution in [1.29, 1.82) is 0 Å². The number of para-hydroxylation sites is 3. The maximum atomic E-state index is 6.53.